The van der Waals surface area contributed by atoms with Crippen LogP contribution in [0.5, 0.6) is 5.88 Å². The smallest absolute Gasteiger partial charge is 0.332 e. The molecule has 5 rings (SSSR count). The first kappa shape index (κ1) is 40.5. The second-order valence-corrected chi connectivity index (χ2v) is 16.6. The summed E-state index contributed by atoms with van der Waals surface area (Å²) in [7, 11) is -4.10. The lowest BCUT2D eigenvalue weighted by atomic mass is 9.85. The molecule has 15 nitrogen and oxygen atoms in total. The van der Waals surface area contributed by atoms with Gasteiger partial charge in [-0.2, -0.15) is 9.21 Å². The normalized spacial score (nSPS) is 15.6. The van der Waals surface area contributed by atoms with Crippen molar-refractivity contribution >= 4 is 38.3 Å². The average molecular weight is 782 g/mol. The number of imidazole rings is 1. The number of aliphatic hydroxyl groups excluding tert-OH is 1. The van der Waals surface area contributed by atoms with E-state index in [1.54, 1.807) is 12.3 Å². The third kappa shape index (κ3) is 9.88. The van der Waals surface area contributed by atoms with E-state index in [1.165, 1.54) is 57.6 Å². The van der Waals surface area contributed by atoms with E-state index in [0.717, 1.165) is 29.4 Å². The third-order valence-electron chi connectivity index (χ3n) is 9.87. The largest absolute Gasteiger partial charge is 0.493 e. The number of nitrogens with one attached hydrogen (secondary N) is 2. The molecule has 1 aliphatic carbocycles. The molecule has 1 aliphatic rings. The van der Waals surface area contributed by atoms with Gasteiger partial charge in [-0.05, 0) is 54.4 Å². The van der Waals surface area contributed by atoms with Gasteiger partial charge < -0.3 is 20.8 Å². The Morgan fingerprint density at radius 1 is 1.11 bits per heavy atom. The van der Waals surface area contributed by atoms with Crippen LogP contribution in [0.1, 0.15) is 69.3 Å². The predicted octanol–water partition coefficient (Wildman–Crippen LogP) is 4.25. The molecule has 0 bridgehead atoms. The summed E-state index contributed by atoms with van der Waals surface area (Å²) in [5.74, 6) is -1.55. The van der Waals surface area contributed by atoms with Crippen molar-refractivity contribution in [1.82, 2.24) is 23.7 Å². The highest BCUT2D eigenvalue weighted by molar-refractivity contribution is 7.89. The van der Waals surface area contributed by atoms with Crippen LogP contribution in [0.4, 0.5) is 5.13 Å². The van der Waals surface area contributed by atoms with Gasteiger partial charge in [-0.3, -0.25) is 18.7 Å². The minimum atomic E-state index is -4.10. The van der Waals surface area contributed by atoms with Crippen molar-refractivity contribution in [2.75, 3.05) is 18.4 Å². The SMILES string of the molecule is CC[C@H](C)[C@@H](C(=O)N[C@@H](Cc1ccccc1)[C@H](O)CN(CC1CCC1)S(=O)(=O)c1ccc(CN=O)cc1)n1cc(O)n(Cc2csc(NC(C)=O)n2)c1=O. The summed E-state index contributed by atoms with van der Waals surface area (Å²) in [4.78, 5) is 54.6. The molecular formula is C37H47N7O8S2. The van der Waals surface area contributed by atoms with Gasteiger partial charge in [0.15, 0.2) is 5.13 Å². The minimum absolute atomic E-state index is 0.0110. The fourth-order valence-corrected chi connectivity index (χ4v) is 8.73. The lowest BCUT2D eigenvalue weighted by Gasteiger charge is -2.35. The maximum absolute atomic E-state index is 14.3. The molecule has 0 radical (unpaired) electrons. The fraction of sp³-hybridized carbons (Fsp3) is 0.459. The molecule has 1 fully saturated rings. The average Bonchev–Trinajstić information content (AvgIpc) is 3.67. The number of hydrogen-bond donors (Lipinski definition) is 4. The number of rotatable bonds is 19. The molecule has 0 aliphatic heterocycles. The van der Waals surface area contributed by atoms with Gasteiger partial charge in [0.1, 0.15) is 12.6 Å². The number of aromatic hydroxyl groups is 1. The van der Waals surface area contributed by atoms with Crippen molar-refractivity contribution in [3.8, 4) is 5.88 Å². The van der Waals surface area contributed by atoms with Crippen molar-refractivity contribution in [3.63, 3.8) is 0 Å². The van der Waals surface area contributed by atoms with Gasteiger partial charge in [0.05, 0.1) is 35.5 Å². The van der Waals surface area contributed by atoms with Crippen LogP contribution < -0.4 is 16.3 Å². The molecule has 4 atom stereocenters. The highest BCUT2D eigenvalue weighted by Crippen LogP contribution is 2.30. The standard InChI is InChI=1S/C37H47N7O8S2/c1-4-24(2)34(44-22-33(47)43(37(44)49)20-29-23-53-36(40-29)39-25(3)45)35(48)41-31(17-26-9-6-5-7-10-26)32(46)21-42(19-28-11-8-12-28)54(51,52)30-15-13-27(14-16-30)18-38-50/h5-7,9-10,13-16,22-24,28,31-32,34,46-47H,4,8,11-12,17-21H2,1-3H3,(H,41,48)(H,39,40,45)/t24-,31-,32+,34-/m0/s1. The molecule has 17 heteroatoms. The number of nitrogens with zero attached hydrogens (tertiary/aromatic N) is 5. The van der Waals surface area contributed by atoms with E-state index < -0.39 is 45.7 Å². The number of nitroso groups, excluding NO2 is 1. The Kier molecular flexibility index (Phi) is 13.5. The van der Waals surface area contributed by atoms with E-state index in [1.807, 2.05) is 37.3 Å². The summed E-state index contributed by atoms with van der Waals surface area (Å²) in [6.07, 6.45) is 3.18. The van der Waals surface area contributed by atoms with Crippen LogP contribution in [0.15, 0.2) is 81.0 Å². The van der Waals surface area contributed by atoms with Crippen LogP contribution in [0.2, 0.25) is 0 Å². The lowest BCUT2D eigenvalue weighted by molar-refractivity contribution is -0.127. The van der Waals surface area contributed by atoms with Gasteiger partial charge in [0.25, 0.3) is 0 Å². The molecule has 4 N–H and O–H groups in total. The number of amides is 2. The molecule has 0 saturated heterocycles. The number of anilines is 1. The summed E-state index contributed by atoms with van der Waals surface area (Å²) < 4.78 is 31.6. The van der Waals surface area contributed by atoms with E-state index >= 15 is 0 Å². The number of carbonyl (C=O) groups is 2. The molecule has 2 aromatic carbocycles. The Bertz CT molecular complexity index is 2060. The quantitative estimate of drug-likeness (QED) is 0.100. The van der Waals surface area contributed by atoms with Crippen molar-refractivity contribution in [2.45, 2.75) is 89.0 Å². The molecule has 0 spiro atoms. The Morgan fingerprint density at radius 2 is 1.81 bits per heavy atom. The van der Waals surface area contributed by atoms with Gasteiger partial charge in [-0.15, -0.1) is 11.3 Å². The van der Waals surface area contributed by atoms with Crippen molar-refractivity contribution in [3.05, 3.63) is 98.4 Å². The zero-order valence-corrected chi connectivity index (χ0v) is 32.1. The van der Waals surface area contributed by atoms with E-state index in [4.69, 9.17) is 0 Å². The van der Waals surface area contributed by atoms with E-state index in [9.17, 15) is 37.9 Å². The molecular weight excluding hydrogens is 735 g/mol. The highest BCUT2D eigenvalue weighted by Gasteiger charge is 2.36. The summed E-state index contributed by atoms with van der Waals surface area (Å²) in [5.41, 5.74) is 1.12. The number of aliphatic hydroxyl groups is 1. The predicted molar refractivity (Wildman–Crippen MR) is 204 cm³/mol. The van der Waals surface area contributed by atoms with Crippen molar-refractivity contribution in [1.29, 1.82) is 0 Å². The van der Waals surface area contributed by atoms with Gasteiger partial charge in [-0.25, -0.2) is 18.2 Å². The molecule has 290 valence electrons. The van der Waals surface area contributed by atoms with Gasteiger partial charge in [-0.1, -0.05) is 74.3 Å². The Morgan fingerprint density at radius 3 is 2.43 bits per heavy atom. The summed E-state index contributed by atoms with van der Waals surface area (Å²) in [6, 6.07) is 13.0. The summed E-state index contributed by atoms with van der Waals surface area (Å²) in [5, 5.41) is 33.2. The third-order valence-corrected chi connectivity index (χ3v) is 12.5. The van der Waals surface area contributed by atoms with Crippen LogP contribution in [-0.4, -0.2) is 74.1 Å². The first-order valence-corrected chi connectivity index (χ1v) is 20.3. The minimum Gasteiger partial charge on any atom is -0.493 e. The number of sulfonamides is 1. The van der Waals surface area contributed by atoms with E-state index in [-0.39, 0.29) is 55.2 Å². The lowest BCUT2D eigenvalue weighted by Crippen LogP contribution is -2.53. The molecule has 2 aromatic heterocycles. The van der Waals surface area contributed by atoms with Gasteiger partial charge >= 0.3 is 5.69 Å². The van der Waals surface area contributed by atoms with E-state index in [2.05, 4.69) is 20.8 Å². The van der Waals surface area contributed by atoms with Crippen molar-refractivity contribution < 1.29 is 28.2 Å². The first-order valence-electron chi connectivity index (χ1n) is 17.9. The Hall–Kier alpha value is -4.71. The monoisotopic (exact) mass is 781 g/mol. The first-order chi connectivity index (χ1) is 25.8. The maximum atomic E-state index is 14.3. The van der Waals surface area contributed by atoms with E-state index in [0.29, 0.717) is 22.8 Å². The topological polar surface area (TPSA) is 205 Å². The van der Waals surface area contributed by atoms with Crippen molar-refractivity contribution in [2.24, 2.45) is 17.0 Å². The Balaban J connectivity index is 1.43. The molecule has 54 heavy (non-hydrogen) atoms. The highest BCUT2D eigenvalue weighted by atomic mass is 32.2. The number of thiazole rings is 1. The number of benzene rings is 2. The number of aromatic nitrogens is 3. The molecule has 0 unspecified atom stereocenters. The summed E-state index contributed by atoms with van der Waals surface area (Å²) in [6.45, 7) is 4.70. The van der Waals surface area contributed by atoms with Crippen LogP contribution in [0, 0.1) is 16.7 Å². The zero-order chi connectivity index (χ0) is 39.0. The van der Waals surface area contributed by atoms with Crippen LogP contribution >= 0.6 is 11.3 Å². The van der Waals surface area contributed by atoms with Crippen LogP contribution in [-0.2, 0) is 39.1 Å². The fourth-order valence-electron chi connectivity index (χ4n) is 6.45. The molecule has 2 amide bonds. The van der Waals surface area contributed by atoms with Gasteiger partial charge in [0.2, 0.25) is 27.7 Å². The molecule has 2 heterocycles. The second-order valence-electron chi connectivity index (χ2n) is 13.8. The van der Waals surface area contributed by atoms with Crippen LogP contribution in [0.3, 0.4) is 0 Å². The molecule has 4 aromatic rings. The second kappa shape index (κ2) is 18.1. The maximum Gasteiger partial charge on any atom is 0.332 e. The molecule has 1 saturated carbocycles. The number of hydrogen-bond acceptors (Lipinski definition) is 11. The van der Waals surface area contributed by atoms with Crippen LogP contribution in [0.25, 0.3) is 0 Å². The zero-order valence-electron chi connectivity index (χ0n) is 30.5. The van der Waals surface area contributed by atoms with Gasteiger partial charge in [0, 0.05) is 25.4 Å². The number of carbonyl (C=O) groups excluding carboxylic acids is 2. The summed E-state index contributed by atoms with van der Waals surface area (Å²) >= 11 is 1.17. The Labute approximate surface area is 318 Å².